The average molecular weight is 371 g/mol. The molecular formula is C21H17N5O2. The zero-order chi connectivity index (χ0) is 19.5. The Balaban J connectivity index is 1.78. The van der Waals surface area contributed by atoms with Gasteiger partial charge in [-0.15, -0.1) is 0 Å². The molecule has 1 aromatic heterocycles. The lowest BCUT2D eigenvalue weighted by Gasteiger charge is -2.11. The van der Waals surface area contributed by atoms with Crippen molar-refractivity contribution in [1.29, 1.82) is 0 Å². The second-order valence-electron chi connectivity index (χ2n) is 6.18. The van der Waals surface area contributed by atoms with Gasteiger partial charge in [-0.25, -0.2) is 4.68 Å². The van der Waals surface area contributed by atoms with Crippen LogP contribution in [0.1, 0.15) is 0 Å². The van der Waals surface area contributed by atoms with Crippen LogP contribution in [-0.2, 0) is 0 Å². The highest BCUT2D eigenvalue weighted by molar-refractivity contribution is 5.74. The molecule has 1 heterocycles. The molecule has 0 aliphatic carbocycles. The highest BCUT2D eigenvalue weighted by Gasteiger charge is 2.13. The highest BCUT2D eigenvalue weighted by Crippen LogP contribution is 2.29. The summed E-state index contributed by atoms with van der Waals surface area (Å²) in [7, 11) is 0. The lowest BCUT2D eigenvalue weighted by molar-refractivity contribution is -0.384. The summed E-state index contributed by atoms with van der Waals surface area (Å²) in [5.74, 6) is 0.734. The maximum Gasteiger partial charge on any atom is 0.269 e. The summed E-state index contributed by atoms with van der Waals surface area (Å²) in [6, 6.07) is 25.4. The number of aromatic nitrogens is 2. The van der Waals surface area contributed by atoms with E-state index in [0.717, 1.165) is 22.8 Å². The van der Waals surface area contributed by atoms with E-state index in [1.807, 2.05) is 60.7 Å². The molecule has 0 atom stereocenters. The topological polar surface area (TPSA) is 99.0 Å². The predicted octanol–water partition coefficient (Wildman–Crippen LogP) is 4.77. The molecule has 4 aromatic rings. The molecule has 0 aliphatic rings. The Morgan fingerprint density at radius 3 is 2.29 bits per heavy atom. The Morgan fingerprint density at radius 1 is 0.929 bits per heavy atom. The summed E-state index contributed by atoms with van der Waals surface area (Å²) in [5.41, 5.74) is 9.86. The van der Waals surface area contributed by atoms with Gasteiger partial charge in [-0.05, 0) is 36.4 Å². The number of nitrogens with two attached hydrogens (primary N) is 1. The molecule has 4 rings (SSSR count). The molecule has 3 aromatic carbocycles. The van der Waals surface area contributed by atoms with Crippen LogP contribution in [0.25, 0.3) is 16.9 Å². The Hall–Kier alpha value is -4.13. The van der Waals surface area contributed by atoms with Crippen LogP contribution in [0, 0.1) is 10.1 Å². The van der Waals surface area contributed by atoms with E-state index in [9.17, 15) is 10.1 Å². The van der Waals surface area contributed by atoms with E-state index < -0.39 is 4.92 Å². The number of hydrogen-bond acceptors (Lipinski definition) is 5. The summed E-state index contributed by atoms with van der Waals surface area (Å²) >= 11 is 0. The van der Waals surface area contributed by atoms with Crippen LogP contribution < -0.4 is 11.1 Å². The Kier molecular flexibility index (Phi) is 4.47. The van der Waals surface area contributed by atoms with Crippen molar-refractivity contribution in [1.82, 2.24) is 9.78 Å². The summed E-state index contributed by atoms with van der Waals surface area (Å²) in [4.78, 5) is 10.5. The van der Waals surface area contributed by atoms with Crippen molar-refractivity contribution >= 4 is 22.9 Å². The molecule has 0 spiro atoms. The summed E-state index contributed by atoms with van der Waals surface area (Å²) in [5, 5.41) is 18.9. The van der Waals surface area contributed by atoms with Gasteiger partial charge in [-0.2, -0.15) is 5.10 Å². The van der Waals surface area contributed by atoms with Crippen LogP contribution in [0.3, 0.4) is 0 Å². The molecule has 0 unspecified atom stereocenters. The van der Waals surface area contributed by atoms with Crippen LogP contribution in [-0.4, -0.2) is 14.7 Å². The largest absolute Gasteiger partial charge is 0.397 e. The molecule has 0 saturated heterocycles. The number of nitrogens with one attached hydrogen (secondary N) is 1. The Labute approximate surface area is 161 Å². The SMILES string of the molecule is Nc1ccccc1Nc1cc(-c2ccc([N+](=O)[O-])cc2)nn1-c1ccccc1. The fourth-order valence-electron chi connectivity index (χ4n) is 2.88. The first-order chi connectivity index (χ1) is 13.6. The maximum absolute atomic E-state index is 10.9. The highest BCUT2D eigenvalue weighted by atomic mass is 16.6. The first kappa shape index (κ1) is 17.3. The number of rotatable bonds is 5. The van der Waals surface area contributed by atoms with Crippen LogP contribution >= 0.6 is 0 Å². The summed E-state index contributed by atoms with van der Waals surface area (Å²) < 4.78 is 1.78. The Morgan fingerprint density at radius 2 is 1.61 bits per heavy atom. The number of para-hydroxylation sites is 3. The number of benzene rings is 3. The zero-order valence-electron chi connectivity index (χ0n) is 14.8. The third-order valence-electron chi connectivity index (χ3n) is 4.31. The molecule has 7 nitrogen and oxygen atoms in total. The van der Waals surface area contributed by atoms with Gasteiger partial charge in [0.15, 0.2) is 0 Å². The van der Waals surface area contributed by atoms with Crippen LogP contribution in [0.5, 0.6) is 0 Å². The van der Waals surface area contributed by atoms with E-state index in [2.05, 4.69) is 5.32 Å². The minimum absolute atomic E-state index is 0.0432. The number of nitro groups is 1. The maximum atomic E-state index is 10.9. The molecule has 138 valence electrons. The van der Waals surface area contributed by atoms with Crippen molar-refractivity contribution in [2.24, 2.45) is 0 Å². The van der Waals surface area contributed by atoms with E-state index >= 15 is 0 Å². The van der Waals surface area contributed by atoms with Gasteiger partial charge in [0.25, 0.3) is 5.69 Å². The number of nitrogen functional groups attached to an aromatic ring is 1. The fraction of sp³-hybridized carbons (Fsp3) is 0. The van der Waals surface area contributed by atoms with Crippen molar-refractivity contribution in [3.8, 4) is 16.9 Å². The van der Waals surface area contributed by atoms with E-state index in [4.69, 9.17) is 10.8 Å². The first-order valence-corrected chi connectivity index (χ1v) is 8.64. The molecule has 0 aliphatic heterocycles. The number of hydrogen-bond donors (Lipinski definition) is 2. The van der Waals surface area contributed by atoms with Gasteiger partial charge in [-0.1, -0.05) is 30.3 Å². The second kappa shape index (κ2) is 7.24. The van der Waals surface area contributed by atoms with Crippen LogP contribution in [0.2, 0.25) is 0 Å². The molecule has 0 amide bonds. The summed E-state index contributed by atoms with van der Waals surface area (Å²) in [6.07, 6.45) is 0. The van der Waals surface area contributed by atoms with Crippen molar-refractivity contribution in [3.05, 3.63) is 95.0 Å². The lowest BCUT2D eigenvalue weighted by Crippen LogP contribution is -2.03. The average Bonchev–Trinajstić information content (AvgIpc) is 3.14. The van der Waals surface area contributed by atoms with Crippen molar-refractivity contribution < 1.29 is 4.92 Å². The van der Waals surface area contributed by atoms with E-state index in [1.165, 1.54) is 12.1 Å². The van der Waals surface area contributed by atoms with Crippen LogP contribution in [0.15, 0.2) is 84.9 Å². The van der Waals surface area contributed by atoms with Crippen molar-refractivity contribution in [2.45, 2.75) is 0 Å². The monoisotopic (exact) mass is 371 g/mol. The first-order valence-electron chi connectivity index (χ1n) is 8.64. The molecule has 28 heavy (non-hydrogen) atoms. The molecular weight excluding hydrogens is 354 g/mol. The molecule has 3 N–H and O–H groups in total. The van der Waals surface area contributed by atoms with Gasteiger partial charge in [-0.3, -0.25) is 10.1 Å². The van der Waals surface area contributed by atoms with Crippen LogP contribution in [0.4, 0.5) is 22.9 Å². The normalized spacial score (nSPS) is 10.6. The molecule has 0 saturated carbocycles. The van der Waals surface area contributed by atoms with Gasteiger partial charge in [0.05, 0.1) is 27.7 Å². The van der Waals surface area contributed by atoms with E-state index in [1.54, 1.807) is 16.8 Å². The van der Waals surface area contributed by atoms with Crippen molar-refractivity contribution in [3.63, 3.8) is 0 Å². The Bertz CT molecular complexity index is 1120. The fourth-order valence-corrected chi connectivity index (χ4v) is 2.88. The molecule has 7 heteroatoms. The van der Waals surface area contributed by atoms with E-state index in [-0.39, 0.29) is 5.69 Å². The number of anilines is 3. The van der Waals surface area contributed by atoms with Crippen molar-refractivity contribution in [2.75, 3.05) is 11.1 Å². The van der Waals surface area contributed by atoms with Gasteiger partial charge in [0, 0.05) is 23.8 Å². The molecule has 0 bridgehead atoms. The molecule has 0 fully saturated rings. The lowest BCUT2D eigenvalue weighted by atomic mass is 10.1. The number of nitrogens with zero attached hydrogens (tertiary/aromatic N) is 3. The van der Waals surface area contributed by atoms with E-state index in [0.29, 0.717) is 11.4 Å². The van der Waals surface area contributed by atoms with Gasteiger partial charge >= 0.3 is 0 Å². The quantitative estimate of drug-likeness (QED) is 0.299. The molecule has 0 radical (unpaired) electrons. The third-order valence-corrected chi connectivity index (χ3v) is 4.31. The number of non-ortho nitro benzene ring substituents is 1. The van der Waals surface area contributed by atoms with Gasteiger partial charge < -0.3 is 11.1 Å². The third kappa shape index (κ3) is 3.41. The summed E-state index contributed by atoms with van der Waals surface area (Å²) in [6.45, 7) is 0. The number of nitro benzene ring substituents is 1. The van der Waals surface area contributed by atoms with Gasteiger partial charge in [0.2, 0.25) is 0 Å². The smallest absolute Gasteiger partial charge is 0.269 e. The minimum Gasteiger partial charge on any atom is -0.397 e. The predicted molar refractivity (Wildman–Crippen MR) is 110 cm³/mol. The zero-order valence-corrected chi connectivity index (χ0v) is 14.8. The van der Waals surface area contributed by atoms with Gasteiger partial charge in [0.1, 0.15) is 5.82 Å². The minimum atomic E-state index is -0.419. The standard InChI is InChI=1S/C21H17N5O2/c22-18-8-4-5-9-19(18)23-21-14-20(15-10-12-17(13-11-15)26(27)28)24-25(21)16-6-2-1-3-7-16/h1-14,23H,22H2. The second-order valence-corrected chi connectivity index (χ2v) is 6.18.